The Hall–Kier alpha value is -14.5. The molecule has 514 valence electrons. The molecule has 0 saturated carbocycles. The lowest BCUT2D eigenvalue weighted by Crippen LogP contribution is -2.13. The van der Waals surface area contributed by atoms with Crippen molar-refractivity contribution in [3.63, 3.8) is 0 Å². The minimum Gasteiger partial charge on any atom is -0.505 e. The van der Waals surface area contributed by atoms with Crippen LogP contribution in [-0.4, -0.2) is 133 Å². The van der Waals surface area contributed by atoms with Gasteiger partial charge in [-0.05, 0) is 181 Å². The van der Waals surface area contributed by atoms with Gasteiger partial charge in [0.2, 0.25) is 0 Å². The van der Waals surface area contributed by atoms with Crippen LogP contribution >= 0.6 is 0 Å². The maximum Gasteiger partial charge on any atom is 0.377 e. The van der Waals surface area contributed by atoms with E-state index in [1.165, 1.54) is 73.8 Å². The summed E-state index contributed by atoms with van der Waals surface area (Å²) in [6.07, 6.45) is 11.8. The van der Waals surface area contributed by atoms with Crippen LogP contribution in [-0.2, 0) is 4.79 Å². The molecule has 0 atom stereocenters. The molecule has 0 radical (unpaired) electrons. The quantitative estimate of drug-likeness (QED) is 0.0273. The molecule has 12 rings (SSSR count). The minimum atomic E-state index is -1.66. The van der Waals surface area contributed by atoms with Crippen LogP contribution in [0.4, 0.5) is 0 Å². The van der Waals surface area contributed by atoms with Crippen LogP contribution in [0.15, 0.2) is 158 Å². The fourth-order valence-electron chi connectivity index (χ4n) is 10.2. The first-order valence-corrected chi connectivity index (χ1v) is 30.2. The summed E-state index contributed by atoms with van der Waals surface area (Å²) in [5.74, 6) is -9.05. The number of Topliss-reactive ketones (excluding diaryl/α,β-unsaturated/α-hetero) is 1. The topological polar surface area (TPSA) is 450 Å². The number of methoxy groups -OCH3 is 1. The fourth-order valence-corrected chi connectivity index (χ4v) is 10.2. The second-order valence-corrected chi connectivity index (χ2v) is 22.5. The molecule has 0 saturated heterocycles. The number of benzene rings is 8. The molecule has 4 heterocycles. The number of carbonyl (C=O) groups is 5. The fraction of sp³-hybridized carbons (Fsp3) is 0.0519. The standard InChI is InChI=1S/C20H15NO6.3C19H15NO5/c1-10-8-12(4-2-11-3-7-15(22)16(23)9-11)21-17-13(10)5-6-14(18(17)24)19(25)20(26)27;1-25-16-10-11(3-9-15(16)21)2-6-13-7-4-12-5-8-14(19(23)24)18(22)17(12)20-13;1-10(12-4-7-15(21)16(22)9-12)8-13-5-2-11-3-6-14(19(24)25)18(23)17(11)20-13;1-10-8-14(19(24)25)18(23)17-13(10)6-5-12(20-17)4-2-11-3-7-15(21)16(22)9-11/h2-9,22-24H,1H3,(H,26,27);2-10,21-22H,1H3,(H,23,24);2*2-9,21-23H,1H3,(H,24,25)/b4-2+;6-2+;10-8+;4-2+. The molecule has 25 nitrogen and oxygen atoms in total. The highest BCUT2D eigenvalue weighted by Gasteiger charge is 2.23. The highest BCUT2D eigenvalue weighted by molar-refractivity contribution is 6.41. The molecule has 0 aliphatic carbocycles. The summed E-state index contributed by atoms with van der Waals surface area (Å²) in [6.45, 7) is 5.36. The number of aromatic nitrogens is 4. The molecule has 12 aromatic rings. The first kappa shape index (κ1) is 71.8. The van der Waals surface area contributed by atoms with E-state index in [0.717, 1.165) is 16.7 Å². The Bertz CT molecular complexity index is 5510. The lowest BCUT2D eigenvalue weighted by Gasteiger charge is -2.08. The summed E-state index contributed by atoms with van der Waals surface area (Å²) in [5, 5.41) is 146. The molecule has 0 aliphatic heterocycles. The SMILES string of the molecule is C/C(=C\c1ccc2ccc(C(=O)O)c(O)c2n1)c1ccc(O)c(O)c1.COc1cc(/C=C/c2ccc3ccc(C(=O)O)c(O)c3n2)ccc1O.Cc1cc(/C=C/c2ccc(O)c(O)c2)nc2c(O)c(C(=O)C(=O)O)ccc12.Cc1cc(C(=O)O)c(O)c2nc(/C=C/c3ccc(O)c(O)c3)ccc12. The number of aromatic hydroxyl groups is 11. The number of fused-ring (bicyclic) bond motifs is 4. The summed E-state index contributed by atoms with van der Waals surface area (Å²) in [7, 11) is 1.47. The number of allylic oxidation sites excluding steroid dienone is 1. The molecular formula is C77H60N4O21. The number of carboxylic acids is 4. The Morgan fingerprint density at radius 1 is 0.353 bits per heavy atom. The Morgan fingerprint density at radius 3 is 1.23 bits per heavy atom. The van der Waals surface area contributed by atoms with Gasteiger partial charge in [0.15, 0.2) is 69.0 Å². The van der Waals surface area contributed by atoms with Crippen molar-refractivity contribution in [2.24, 2.45) is 0 Å². The highest BCUT2D eigenvalue weighted by Crippen LogP contribution is 2.36. The first-order chi connectivity index (χ1) is 48.5. The van der Waals surface area contributed by atoms with Crippen LogP contribution in [0.3, 0.4) is 0 Å². The predicted octanol–water partition coefficient (Wildman–Crippen LogP) is 13.8. The van der Waals surface area contributed by atoms with Crippen molar-refractivity contribution in [2.75, 3.05) is 7.11 Å². The molecule has 0 amide bonds. The molecule has 0 unspecified atom stereocenters. The number of phenols is 11. The average Bonchev–Trinajstić information content (AvgIpc) is 0.799. The molecule has 8 aromatic carbocycles. The van der Waals surface area contributed by atoms with Crippen molar-refractivity contribution in [3.05, 3.63) is 236 Å². The monoisotopic (exact) mass is 1380 g/mol. The Labute approximate surface area is 577 Å². The van der Waals surface area contributed by atoms with Gasteiger partial charge >= 0.3 is 23.9 Å². The van der Waals surface area contributed by atoms with Crippen LogP contribution in [0.1, 0.15) is 105 Å². The van der Waals surface area contributed by atoms with E-state index in [-0.39, 0.29) is 102 Å². The normalized spacial score (nSPS) is 11.3. The minimum absolute atomic E-state index is 0.0506. The number of ether oxygens (including phenoxy) is 1. The number of aliphatic carboxylic acids is 1. The van der Waals surface area contributed by atoms with E-state index in [2.05, 4.69) is 19.9 Å². The van der Waals surface area contributed by atoms with E-state index in [1.807, 2.05) is 6.92 Å². The number of hydrogen-bond acceptors (Lipinski definition) is 21. The summed E-state index contributed by atoms with van der Waals surface area (Å²) < 4.78 is 5.06. The maximum atomic E-state index is 11.7. The third kappa shape index (κ3) is 16.5. The Kier molecular flexibility index (Phi) is 21.6. The largest absolute Gasteiger partial charge is 0.505 e. The number of phenolic OH excluding ortho intramolecular Hbond substituents is 8. The van der Waals surface area contributed by atoms with Gasteiger partial charge in [0.1, 0.15) is 38.8 Å². The molecule has 15 N–H and O–H groups in total. The molecule has 25 heteroatoms. The van der Waals surface area contributed by atoms with Gasteiger partial charge in [0.05, 0.1) is 35.4 Å². The summed E-state index contributed by atoms with van der Waals surface area (Å²) in [5.41, 5.74) is 6.91. The van der Waals surface area contributed by atoms with Crippen molar-refractivity contribution in [1.82, 2.24) is 19.9 Å². The smallest absolute Gasteiger partial charge is 0.377 e. The van der Waals surface area contributed by atoms with Gasteiger partial charge in [-0.1, -0.05) is 78.9 Å². The number of aromatic carboxylic acids is 3. The van der Waals surface area contributed by atoms with Gasteiger partial charge in [-0.3, -0.25) is 4.79 Å². The third-order valence-corrected chi connectivity index (χ3v) is 15.5. The Balaban J connectivity index is 0.000000158. The zero-order valence-corrected chi connectivity index (χ0v) is 54.0. The summed E-state index contributed by atoms with van der Waals surface area (Å²) in [4.78, 5) is 73.3. The van der Waals surface area contributed by atoms with Crippen molar-refractivity contribution in [2.45, 2.75) is 20.8 Å². The van der Waals surface area contributed by atoms with E-state index in [1.54, 1.807) is 147 Å². The number of carbonyl (C=O) groups excluding carboxylic acids is 1. The van der Waals surface area contributed by atoms with Crippen molar-refractivity contribution >= 4 is 121 Å². The van der Waals surface area contributed by atoms with Crippen LogP contribution < -0.4 is 4.74 Å². The highest BCUT2D eigenvalue weighted by atomic mass is 16.5. The molecule has 0 spiro atoms. The van der Waals surface area contributed by atoms with Gasteiger partial charge in [-0.15, -0.1) is 0 Å². The van der Waals surface area contributed by atoms with Gasteiger partial charge < -0.3 is 81.3 Å². The van der Waals surface area contributed by atoms with E-state index >= 15 is 0 Å². The summed E-state index contributed by atoms with van der Waals surface area (Å²) in [6, 6.07) is 40.5. The number of aryl methyl sites for hydroxylation is 2. The van der Waals surface area contributed by atoms with Gasteiger partial charge in [-0.25, -0.2) is 39.1 Å². The van der Waals surface area contributed by atoms with Gasteiger partial charge in [-0.2, -0.15) is 0 Å². The third-order valence-electron chi connectivity index (χ3n) is 15.5. The van der Waals surface area contributed by atoms with Gasteiger partial charge in [0, 0.05) is 21.5 Å². The molecule has 0 aliphatic rings. The second kappa shape index (κ2) is 30.7. The van der Waals surface area contributed by atoms with Crippen molar-refractivity contribution < 1.29 is 105 Å². The number of nitrogens with zero attached hydrogens (tertiary/aromatic N) is 4. The summed E-state index contributed by atoms with van der Waals surface area (Å²) >= 11 is 0. The maximum absolute atomic E-state index is 11.7. The lowest BCUT2D eigenvalue weighted by atomic mass is 10.0. The number of carboxylic acid groups (broad SMARTS) is 4. The van der Waals surface area contributed by atoms with Crippen molar-refractivity contribution in [1.29, 1.82) is 0 Å². The van der Waals surface area contributed by atoms with Crippen LogP contribution in [0.5, 0.6) is 69.0 Å². The number of hydrogen-bond donors (Lipinski definition) is 15. The van der Waals surface area contributed by atoms with Crippen LogP contribution in [0.25, 0.3) is 91.7 Å². The van der Waals surface area contributed by atoms with Crippen LogP contribution in [0.2, 0.25) is 0 Å². The molecule has 102 heavy (non-hydrogen) atoms. The van der Waals surface area contributed by atoms with Crippen LogP contribution in [0, 0.1) is 13.8 Å². The lowest BCUT2D eigenvalue weighted by molar-refractivity contribution is -0.131. The van der Waals surface area contributed by atoms with E-state index in [0.29, 0.717) is 72.3 Å². The van der Waals surface area contributed by atoms with E-state index in [9.17, 15) is 85.3 Å². The zero-order chi connectivity index (χ0) is 74.0. The van der Waals surface area contributed by atoms with Crippen molar-refractivity contribution in [3.8, 4) is 69.0 Å². The molecule has 0 bridgehead atoms. The zero-order valence-electron chi connectivity index (χ0n) is 54.0. The molecule has 0 fully saturated rings. The molecular weight excluding hydrogens is 1320 g/mol. The Morgan fingerprint density at radius 2 is 0.735 bits per heavy atom. The predicted molar refractivity (Wildman–Crippen MR) is 380 cm³/mol. The first-order valence-electron chi connectivity index (χ1n) is 30.2. The van der Waals surface area contributed by atoms with E-state index in [4.69, 9.17) is 20.1 Å². The average molecular weight is 1380 g/mol. The second-order valence-electron chi connectivity index (χ2n) is 22.5. The number of pyridine rings is 4. The molecule has 4 aromatic heterocycles. The van der Waals surface area contributed by atoms with Gasteiger partial charge in [0.25, 0.3) is 5.78 Å². The number of rotatable bonds is 14. The van der Waals surface area contributed by atoms with E-state index < -0.39 is 35.4 Å². The number of ketones is 1.